The van der Waals surface area contributed by atoms with Gasteiger partial charge in [-0.1, -0.05) is 0 Å². The van der Waals surface area contributed by atoms with Crippen molar-refractivity contribution in [1.29, 1.82) is 0 Å². The highest BCUT2D eigenvalue weighted by Crippen LogP contribution is 2.29. The van der Waals surface area contributed by atoms with Crippen molar-refractivity contribution in [2.75, 3.05) is 0 Å². The molecule has 0 bridgehead atoms. The highest BCUT2D eigenvalue weighted by Gasteiger charge is 2.36. The summed E-state index contributed by atoms with van der Waals surface area (Å²) < 4.78 is 24.6. The zero-order valence-corrected chi connectivity index (χ0v) is 10.4. The molecule has 1 fully saturated rings. The maximum atomic E-state index is 13.2. The van der Waals surface area contributed by atoms with Gasteiger partial charge in [-0.05, 0) is 6.92 Å². The third-order valence-corrected chi connectivity index (χ3v) is 2.88. The molecule has 0 aliphatic carbocycles. The van der Waals surface area contributed by atoms with Crippen molar-refractivity contribution in [1.82, 2.24) is 9.55 Å². The Hall–Kier alpha value is -1.96. The molecule has 104 valence electrons. The van der Waals surface area contributed by atoms with Crippen LogP contribution in [-0.4, -0.2) is 27.7 Å². The third-order valence-electron chi connectivity index (χ3n) is 2.88. The number of halogens is 1. The Morgan fingerprint density at radius 3 is 2.89 bits per heavy atom. The first-order chi connectivity index (χ1) is 8.88. The molecule has 0 spiro atoms. The van der Waals surface area contributed by atoms with Gasteiger partial charge in [-0.25, -0.2) is 4.79 Å². The molecule has 0 radical (unpaired) electrons. The van der Waals surface area contributed by atoms with Gasteiger partial charge in [0.1, 0.15) is 12.3 Å². The molecule has 2 rings (SSSR count). The number of hydrogen-bond acceptors (Lipinski definition) is 5. The van der Waals surface area contributed by atoms with Gasteiger partial charge < -0.3 is 9.47 Å². The van der Waals surface area contributed by atoms with Gasteiger partial charge in [-0.15, -0.1) is 0 Å². The fraction of sp³-hybridized carbons (Fsp3) is 0.545. The van der Waals surface area contributed by atoms with Crippen LogP contribution in [0.15, 0.2) is 15.8 Å². The molecule has 3 unspecified atom stereocenters. The van der Waals surface area contributed by atoms with E-state index in [4.69, 9.17) is 9.47 Å². The normalized spacial score (nSPS) is 26.4. The Balaban J connectivity index is 2.25. The number of rotatable bonds is 2. The van der Waals surface area contributed by atoms with Crippen LogP contribution in [-0.2, 0) is 14.3 Å². The zero-order chi connectivity index (χ0) is 14.2. The standard InChI is InChI=1S/C11H13FN2O5/c1-5-8(19-6(2)15)3-9(18-5)14-4-7(12)10(16)13-11(14)17/h4-5,8-9H,3H2,1-2H3,(H,13,16,17). The highest BCUT2D eigenvalue weighted by atomic mass is 19.1. The van der Waals surface area contributed by atoms with Gasteiger partial charge in [0.25, 0.3) is 5.56 Å². The number of aromatic amines is 1. The fourth-order valence-electron chi connectivity index (χ4n) is 1.99. The van der Waals surface area contributed by atoms with Crippen LogP contribution in [0.2, 0.25) is 0 Å². The van der Waals surface area contributed by atoms with Gasteiger partial charge in [0, 0.05) is 13.3 Å². The Bertz CT molecular complexity index is 608. The van der Waals surface area contributed by atoms with E-state index in [1.54, 1.807) is 6.92 Å². The number of hydrogen-bond donors (Lipinski definition) is 1. The zero-order valence-electron chi connectivity index (χ0n) is 10.4. The van der Waals surface area contributed by atoms with Crippen molar-refractivity contribution in [2.45, 2.75) is 38.7 Å². The van der Waals surface area contributed by atoms with E-state index in [2.05, 4.69) is 0 Å². The van der Waals surface area contributed by atoms with Crippen LogP contribution >= 0.6 is 0 Å². The second-order valence-electron chi connectivity index (χ2n) is 4.32. The van der Waals surface area contributed by atoms with E-state index in [0.29, 0.717) is 0 Å². The molecule has 1 aromatic rings. The molecule has 19 heavy (non-hydrogen) atoms. The second-order valence-corrected chi connectivity index (χ2v) is 4.32. The Labute approximate surface area is 107 Å². The maximum Gasteiger partial charge on any atom is 0.330 e. The predicted octanol–water partition coefficient (Wildman–Crippen LogP) is -0.0852. The molecule has 0 aromatic carbocycles. The molecular weight excluding hydrogens is 259 g/mol. The first kappa shape index (κ1) is 13.5. The molecule has 0 saturated carbocycles. The van der Waals surface area contributed by atoms with Crippen molar-refractivity contribution >= 4 is 5.97 Å². The van der Waals surface area contributed by atoms with Crippen LogP contribution in [0, 0.1) is 5.82 Å². The van der Waals surface area contributed by atoms with Crippen molar-refractivity contribution in [3.8, 4) is 0 Å². The van der Waals surface area contributed by atoms with Gasteiger partial charge in [-0.3, -0.25) is 19.1 Å². The molecule has 7 nitrogen and oxygen atoms in total. The predicted molar refractivity (Wildman–Crippen MR) is 61.0 cm³/mol. The summed E-state index contributed by atoms with van der Waals surface area (Å²) in [5.41, 5.74) is -1.85. The molecule has 1 aliphatic rings. The number of H-pyrrole nitrogens is 1. The summed E-state index contributed by atoms with van der Waals surface area (Å²) in [6, 6.07) is 0. The Kier molecular flexibility index (Phi) is 3.52. The minimum atomic E-state index is -1.08. The minimum absolute atomic E-state index is 0.214. The lowest BCUT2D eigenvalue weighted by Gasteiger charge is -2.13. The van der Waals surface area contributed by atoms with Crippen LogP contribution in [0.5, 0.6) is 0 Å². The summed E-state index contributed by atoms with van der Waals surface area (Å²) in [7, 11) is 0. The van der Waals surface area contributed by atoms with Gasteiger partial charge in [0.2, 0.25) is 5.82 Å². The molecule has 3 atom stereocenters. The Morgan fingerprint density at radius 1 is 1.58 bits per heavy atom. The van der Waals surface area contributed by atoms with E-state index < -0.39 is 41.5 Å². The van der Waals surface area contributed by atoms with Gasteiger partial charge in [-0.2, -0.15) is 4.39 Å². The van der Waals surface area contributed by atoms with E-state index in [9.17, 15) is 18.8 Å². The molecule has 0 amide bonds. The summed E-state index contributed by atoms with van der Waals surface area (Å²) in [5, 5.41) is 0. The molecule has 2 heterocycles. The third kappa shape index (κ3) is 2.73. The van der Waals surface area contributed by atoms with Crippen LogP contribution in [0.25, 0.3) is 0 Å². The molecule has 1 aromatic heterocycles. The van der Waals surface area contributed by atoms with Crippen LogP contribution < -0.4 is 11.2 Å². The second kappa shape index (κ2) is 4.96. The van der Waals surface area contributed by atoms with Gasteiger partial charge in [0.15, 0.2) is 0 Å². The molecule has 1 saturated heterocycles. The van der Waals surface area contributed by atoms with Crippen LogP contribution in [0.4, 0.5) is 4.39 Å². The van der Waals surface area contributed by atoms with E-state index in [0.717, 1.165) is 10.8 Å². The monoisotopic (exact) mass is 272 g/mol. The topological polar surface area (TPSA) is 90.4 Å². The average molecular weight is 272 g/mol. The smallest absolute Gasteiger partial charge is 0.330 e. The highest BCUT2D eigenvalue weighted by molar-refractivity contribution is 5.66. The summed E-state index contributed by atoms with van der Waals surface area (Å²) in [5.74, 6) is -1.53. The number of aromatic nitrogens is 2. The van der Waals surface area contributed by atoms with Crippen LogP contribution in [0.3, 0.4) is 0 Å². The lowest BCUT2D eigenvalue weighted by molar-refractivity contribution is -0.148. The summed E-state index contributed by atoms with van der Waals surface area (Å²) in [6.07, 6.45) is -0.709. The van der Waals surface area contributed by atoms with E-state index >= 15 is 0 Å². The summed E-state index contributed by atoms with van der Waals surface area (Å²) in [6.45, 7) is 2.95. The number of nitrogens with zero attached hydrogens (tertiary/aromatic N) is 1. The SMILES string of the molecule is CC(=O)OC1CC(n2cc(F)c(=O)[nH]c2=O)OC1C. The van der Waals surface area contributed by atoms with Gasteiger partial charge in [0.05, 0.1) is 12.3 Å². The summed E-state index contributed by atoms with van der Waals surface area (Å²) >= 11 is 0. The number of esters is 1. The number of carbonyl (C=O) groups excluding carboxylic acids is 1. The molecule has 8 heteroatoms. The minimum Gasteiger partial charge on any atom is -0.460 e. The Morgan fingerprint density at radius 2 is 2.26 bits per heavy atom. The number of nitrogens with one attached hydrogen (secondary N) is 1. The summed E-state index contributed by atoms with van der Waals surface area (Å²) in [4.78, 5) is 35.2. The van der Waals surface area contributed by atoms with E-state index in [1.807, 2.05) is 4.98 Å². The average Bonchev–Trinajstić information content (AvgIpc) is 2.64. The lowest BCUT2D eigenvalue weighted by atomic mass is 10.2. The van der Waals surface area contributed by atoms with Crippen LogP contribution in [0.1, 0.15) is 26.5 Å². The van der Waals surface area contributed by atoms with Crippen molar-refractivity contribution in [3.63, 3.8) is 0 Å². The molecule has 1 N–H and O–H groups in total. The molecule has 1 aliphatic heterocycles. The number of ether oxygens (including phenoxy) is 2. The fourth-order valence-corrected chi connectivity index (χ4v) is 1.99. The number of carbonyl (C=O) groups is 1. The van der Waals surface area contributed by atoms with E-state index in [-0.39, 0.29) is 6.42 Å². The first-order valence-corrected chi connectivity index (χ1v) is 5.72. The van der Waals surface area contributed by atoms with Crippen molar-refractivity contribution < 1.29 is 18.7 Å². The lowest BCUT2D eigenvalue weighted by Crippen LogP contribution is -2.33. The first-order valence-electron chi connectivity index (χ1n) is 5.72. The van der Waals surface area contributed by atoms with E-state index in [1.165, 1.54) is 6.92 Å². The van der Waals surface area contributed by atoms with Crippen molar-refractivity contribution in [3.05, 3.63) is 32.9 Å². The van der Waals surface area contributed by atoms with Crippen molar-refractivity contribution in [2.24, 2.45) is 0 Å². The van der Waals surface area contributed by atoms with Gasteiger partial charge >= 0.3 is 11.7 Å². The molecular formula is C11H13FN2O5. The maximum absolute atomic E-state index is 13.2. The quantitative estimate of drug-likeness (QED) is 0.760. The largest absolute Gasteiger partial charge is 0.460 e.